The molecule has 3 atom stereocenters. The highest BCUT2D eigenvalue weighted by Crippen LogP contribution is 2.29. The standard InChI is InChI=1S/C27H43N3O5/c1-19-14-30(15-21-9-7-6-8-10-21)20(2)17-35-24-13-22(28-26(31)18-33-4)11-12-23(24)27(32)29(3)16-25(19)34-5/h11-13,19-21,25H,6-10,14-18H2,1-5H3,(H,28,31)/t19-,20-,25+/m1/s1. The minimum atomic E-state index is -0.256. The van der Waals surface area contributed by atoms with Crippen molar-refractivity contribution in [2.45, 2.75) is 58.1 Å². The van der Waals surface area contributed by atoms with E-state index >= 15 is 0 Å². The van der Waals surface area contributed by atoms with Gasteiger partial charge in [0.1, 0.15) is 19.0 Å². The predicted molar refractivity (Wildman–Crippen MR) is 137 cm³/mol. The lowest BCUT2D eigenvalue weighted by atomic mass is 9.88. The normalized spacial score (nSPS) is 25.2. The van der Waals surface area contributed by atoms with Gasteiger partial charge in [0.05, 0.1) is 11.7 Å². The van der Waals surface area contributed by atoms with Crippen molar-refractivity contribution in [3.63, 3.8) is 0 Å². The zero-order valence-electron chi connectivity index (χ0n) is 22.0. The Balaban J connectivity index is 1.88. The molecule has 1 fully saturated rings. The van der Waals surface area contributed by atoms with Gasteiger partial charge >= 0.3 is 0 Å². The summed E-state index contributed by atoms with van der Waals surface area (Å²) in [7, 11) is 5.00. The quantitative estimate of drug-likeness (QED) is 0.657. The molecule has 1 aromatic carbocycles. The van der Waals surface area contributed by atoms with Crippen LogP contribution in [0.1, 0.15) is 56.3 Å². The Morgan fingerprint density at radius 3 is 2.57 bits per heavy atom. The summed E-state index contributed by atoms with van der Waals surface area (Å²) in [4.78, 5) is 29.6. The number of carbonyl (C=O) groups is 2. The van der Waals surface area contributed by atoms with Crippen LogP contribution in [-0.4, -0.2) is 87.9 Å². The number of benzene rings is 1. The largest absolute Gasteiger partial charge is 0.491 e. The molecule has 1 aliphatic heterocycles. The van der Waals surface area contributed by atoms with E-state index in [0.29, 0.717) is 36.1 Å². The average molecular weight is 490 g/mol. The fourth-order valence-corrected chi connectivity index (χ4v) is 5.21. The molecule has 1 N–H and O–H groups in total. The minimum Gasteiger partial charge on any atom is -0.491 e. The maximum absolute atomic E-state index is 13.3. The lowest BCUT2D eigenvalue weighted by molar-refractivity contribution is -0.119. The molecule has 196 valence electrons. The average Bonchev–Trinajstić information content (AvgIpc) is 2.85. The van der Waals surface area contributed by atoms with E-state index in [4.69, 9.17) is 14.2 Å². The van der Waals surface area contributed by atoms with Gasteiger partial charge in [-0.25, -0.2) is 0 Å². The highest BCUT2D eigenvalue weighted by molar-refractivity contribution is 5.98. The summed E-state index contributed by atoms with van der Waals surface area (Å²) in [5, 5.41) is 2.80. The van der Waals surface area contributed by atoms with Crippen LogP contribution in [0.4, 0.5) is 5.69 Å². The second-order valence-corrected chi connectivity index (χ2v) is 10.2. The number of methoxy groups -OCH3 is 2. The Hall–Kier alpha value is -2.16. The van der Waals surface area contributed by atoms with Crippen molar-refractivity contribution < 1.29 is 23.8 Å². The van der Waals surface area contributed by atoms with Crippen LogP contribution in [-0.2, 0) is 14.3 Å². The summed E-state index contributed by atoms with van der Waals surface area (Å²) >= 11 is 0. The Morgan fingerprint density at radius 1 is 1.14 bits per heavy atom. The van der Waals surface area contributed by atoms with Gasteiger partial charge in [0.15, 0.2) is 0 Å². The van der Waals surface area contributed by atoms with Crippen LogP contribution >= 0.6 is 0 Å². The van der Waals surface area contributed by atoms with Crippen LogP contribution in [0.2, 0.25) is 0 Å². The van der Waals surface area contributed by atoms with Gasteiger partial charge in [-0.15, -0.1) is 0 Å². The summed E-state index contributed by atoms with van der Waals surface area (Å²) in [6.45, 7) is 7.26. The van der Waals surface area contributed by atoms with Crippen LogP contribution in [0.15, 0.2) is 18.2 Å². The summed E-state index contributed by atoms with van der Waals surface area (Å²) in [5.74, 6) is 1.07. The van der Waals surface area contributed by atoms with Gasteiger partial charge in [0, 0.05) is 58.7 Å². The number of ether oxygens (including phenoxy) is 3. The second-order valence-electron chi connectivity index (χ2n) is 10.2. The van der Waals surface area contributed by atoms with Gasteiger partial charge in [-0.1, -0.05) is 26.2 Å². The fraction of sp³-hybridized carbons (Fsp3) is 0.704. The van der Waals surface area contributed by atoms with E-state index in [-0.39, 0.29) is 36.5 Å². The van der Waals surface area contributed by atoms with Crippen LogP contribution in [0, 0.1) is 11.8 Å². The van der Waals surface area contributed by atoms with Gasteiger partial charge < -0.3 is 24.4 Å². The number of anilines is 1. The monoisotopic (exact) mass is 489 g/mol. The SMILES string of the molecule is COCC(=O)Nc1ccc2c(c1)OC[C@@H](C)N(CC1CCCCC1)C[C@@H](C)[C@@H](OC)CN(C)C2=O. The predicted octanol–water partition coefficient (Wildman–Crippen LogP) is 3.66. The van der Waals surface area contributed by atoms with Crippen LogP contribution in [0.25, 0.3) is 0 Å². The van der Waals surface area contributed by atoms with Gasteiger partial charge in [0.2, 0.25) is 5.91 Å². The topological polar surface area (TPSA) is 80.3 Å². The molecule has 1 heterocycles. The van der Waals surface area contributed by atoms with E-state index in [2.05, 4.69) is 24.1 Å². The number of carbonyl (C=O) groups excluding carboxylic acids is 2. The smallest absolute Gasteiger partial charge is 0.257 e. The number of rotatable bonds is 6. The van der Waals surface area contributed by atoms with Crippen molar-refractivity contribution in [1.82, 2.24) is 9.80 Å². The Kier molecular flexibility index (Phi) is 10.4. The molecule has 0 aromatic heterocycles. The molecule has 1 aromatic rings. The molecule has 0 bridgehead atoms. The summed E-state index contributed by atoms with van der Waals surface area (Å²) < 4.78 is 17.0. The van der Waals surface area contributed by atoms with E-state index in [0.717, 1.165) is 13.1 Å². The van der Waals surface area contributed by atoms with Crippen molar-refractivity contribution >= 4 is 17.5 Å². The molecule has 0 saturated heterocycles. The van der Waals surface area contributed by atoms with Gasteiger partial charge in [-0.05, 0) is 43.7 Å². The third kappa shape index (κ3) is 7.66. The molecule has 1 aliphatic carbocycles. The Labute approximate surface area is 210 Å². The van der Waals surface area contributed by atoms with Crippen LogP contribution in [0.3, 0.4) is 0 Å². The fourth-order valence-electron chi connectivity index (χ4n) is 5.21. The first-order valence-corrected chi connectivity index (χ1v) is 12.9. The summed E-state index contributed by atoms with van der Waals surface area (Å²) in [6.07, 6.45) is 6.49. The molecule has 2 aliphatic rings. The van der Waals surface area contributed by atoms with E-state index in [1.807, 2.05) is 0 Å². The first kappa shape index (κ1) is 27.4. The van der Waals surface area contributed by atoms with Crippen molar-refractivity contribution in [2.75, 3.05) is 59.4 Å². The molecule has 2 amide bonds. The third-order valence-electron chi connectivity index (χ3n) is 7.35. The van der Waals surface area contributed by atoms with Gasteiger partial charge in [0.25, 0.3) is 5.91 Å². The van der Waals surface area contributed by atoms with Crippen molar-refractivity contribution in [3.05, 3.63) is 23.8 Å². The number of hydrogen-bond donors (Lipinski definition) is 1. The lowest BCUT2D eigenvalue weighted by Gasteiger charge is -2.38. The number of nitrogens with one attached hydrogen (secondary N) is 1. The highest BCUT2D eigenvalue weighted by atomic mass is 16.5. The van der Waals surface area contributed by atoms with E-state index in [9.17, 15) is 9.59 Å². The molecule has 1 saturated carbocycles. The molecule has 35 heavy (non-hydrogen) atoms. The zero-order chi connectivity index (χ0) is 25.4. The zero-order valence-corrected chi connectivity index (χ0v) is 22.0. The molecule has 3 rings (SSSR count). The number of fused-ring (bicyclic) bond motifs is 1. The molecular weight excluding hydrogens is 446 g/mol. The van der Waals surface area contributed by atoms with Crippen molar-refractivity contribution in [3.8, 4) is 5.75 Å². The molecule has 0 spiro atoms. The second kappa shape index (κ2) is 13.2. The van der Waals surface area contributed by atoms with E-state index < -0.39 is 0 Å². The number of hydrogen-bond acceptors (Lipinski definition) is 6. The molecule has 0 unspecified atom stereocenters. The van der Waals surface area contributed by atoms with E-state index in [1.165, 1.54) is 39.2 Å². The van der Waals surface area contributed by atoms with Crippen molar-refractivity contribution in [2.24, 2.45) is 11.8 Å². The van der Waals surface area contributed by atoms with Crippen LogP contribution in [0.5, 0.6) is 5.75 Å². The Bertz CT molecular complexity index is 842. The highest BCUT2D eigenvalue weighted by Gasteiger charge is 2.29. The van der Waals surface area contributed by atoms with Gasteiger partial charge in [-0.3, -0.25) is 14.5 Å². The van der Waals surface area contributed by atoms with E-state index in [1.54, 1.807) is 37.3 Å². The van der Waals surface area contributed by atoms with Crippen molar-refractivity contribution in [1.29, 1.82) is 0 Å². The molecule has 0 radical (unpaired) electrons. The Morgan fingerprint density at radius 2 is 1.89 bits per heavy atom. The molecular formula is C27H43N3O5. The van der Waals surface area contributed by atoms with Gasteiger partial charge in [-0.2, -0.15) is 0 Å². The maximum atomic E-state index is 13.3. The first-order valence-electron chi connectivity index (χ1n) is 12.9. The number of likely N-dealkylation sites (N-methyl/N-ethyl adjacent to an activating group) is 1. The minimum absolute atomic E-state index is 0.0383. The molecule has 8 heteroatoms. The summed E-state index contributed by atoms with van der Waals surface area (Å²) in [6, 6.07) is 5.35. The number of amides is 2. The maximum Gasteiger partial charge on any atom is 0.257 e. The summed E-state index contributed by atoms with van der Waals surface area (Å²) in [5.41, 5.74) is 1.05. The number of nitrogens with zero attached hydrogens (tertiary/aromatic N) is 2. The lowest BCUT2D eigenvalue weighted by Crippen LogP contribution is -2.48. The van der Waals surface area contributed by atoms with Crippen LogP contribution < -0.4 is 10.1 Å². The third-order valence-corrected chi connectivity index (χ3v) is 7.35. The molecule has 8 nitrogen and oxygen atoms in total. The first-order chi connectivity index (χ1) is 16.8.